The van der Waals surface area contributed by atoms with Crippen LogP contribution in [0.2, 0.25) is 0 Å². The average molecular weight is 565 g/mol. The largest absolute Gasteiger partial charge is 0.493 e. The Hall–Kier alpha value is -3.76. The van der Waals surface area contributed by atoms with Crippen LogP contribution in [0, 0.1) is 17.8 Å². The first-order valence-electron chi connectivity index (χ1n) is 14.0. The molecule has 2 aliphatic heterocycles. The number of methoxy groups -OCH3 is 4. The Bertz CT molecular complexity index is 1440. The number of hydrogen-bond acceptors (Lipinski definition) is 9. The van der Waals surface area contributed by atoms with E-state index in [1.54, 1.807) is 0 Å². The summed E-state index contributed by atoms with van der Waals surface area (Å²) in [7, 11) is 5.73. The summed E-state index contributed by atoms with van der Waals surface area (Å²) in [6.07, 6.45) is -0.0156. The minimum absolute atomic E-state index is 0.0624. The van der Waals surface area contributed by atoms with Gasteiger partial charge in [0.2, 0.25) is 5.75 Å². The lowest BCUT2D eigenvalue weighted by molar-refractivity contribution is -0.172. The van der Waals surface area contributed by atoms with Gasteiger partial charge in [-0.15, -0.1) is 0 Å². The molecule has 0 spiro atoms. The summed E-state index contributed by atoms with van der Waals surface area (Å²) in [4.78, 5) is 32.9. The number of carbonyl (C=O) groups excluding carboxylic acids is 2. The van der Waals surface area contributed by atoms with Gasteiger partial charge in [0.15, 0.2) is 11.5 Å². The van der Waals surface area contributed by atoms with Gasteiger partial charge in [-0.25, -0.2) is 4.79 Å². The predicted molar refractivity (Wildman–Crippen MR) is 149 cm³/mol. The van der Waals surface area contributed by atoms with E-state index in [0.29, 0.717) is 30.1 Å². The van der Waals surface area contributed by atoms with Crippen LogP contribution < -0.4 is 14.2 Å². The number of aromatic nitrogens is 1. The zero-order chi connectivity index (χ0) is 28.8. The normalized spacial score (nSPS) is 27.2. The van der Waals surface area contributed by atoms with E-state index in [1.165, 1.54) is 57.2 Å². The monoisotopic (exact) mass is 564 g/mol. The van der Waals surface area contributed by atoms with Gasteiger partial charge >= 0.3 is 11.9 Å². The molecule has 6 unspecified atom stereocenters. The maximum Gasteiger partial charge on any atom is 0.338 e. The van der Waals surface area contributed by atoms with Crippen molar-refractivity contribution in [3.8, 4) is 17.2 Å². The summed E-state index contributed by atoms with van der Waals surface area (Å²) in [6, 6.07) is 11.4. The van der Waals surface area contributed by atoms with Gasteiger partial charge in [-0.3, -0.25) is 9.69 Å². The van der Waals surface area contributed by atoms with E-state index in [1.807, 2.05) is 6.07 Å². The number of H-pyrrole nitrogens is 1. The number of esters is 2. The Kier molecular flexibility index (Phi) is 7.29. The van der Waals surface area contributed by atoms with E-state index < -0.39 is 30.1 Å². The molecule has 0 bridgehead atoms. The summed E-state index contributed by atoms with van der Waals surface area (Å²) in [5, 5.41) is 12.5. The molecule has 1 aromatic heterocycles. The Balaban J connectivity index is 1.31. The second kappa shape index (κ2) is 10.9. The van der Waals surface area contributed by atoms with Gasteiger partial charge in [-0.1, -0.05) is 18.2 Å². The van der Waals surface area contributed by atoms with Crippen LogP contribution in [0.15, 0.2) is 36.4 Å². The molecule has 6 rings (SSSR count). The van der Waals surface area contributed by atoms with Crippen LogP contribution in [0.3, 0.4) is 0 Å². The van der Waals surface area contributed by atoms with Crippen LogP contribution in [0.1, 0.15) is 40.5 Å². The van der Waals surface area contributed by atoms with E-state index in [4.69, 9.17) is 23.7 Å². The fourth-order valence-corrected chi connectivity index (χ4v) is 7.34. The SMILES string of the molecule is COC(=O)C1C2CC3c4[nH]c5ccccc5c4CCN3CC2CC(O)C1OC(=O)c1cc(OC)c(OC)c(OC)c1. The molecule has 3 aromatic rings. The number of benzene rings is 2. The number of hydrogen-bond donors (Lipinski definition) is 2. The van der Waals surface area contributed by atoms with E-state index in [9.17, 15) is 14.7 Å². The van der Waals surface area contributed by atoms with Crippen LogP contribution in [0.25, 0.3) is 10.9 Å². The third kappa shape index (κ3) is 4.59. The fraction of sp³-hybridized carbons (Fsp3) is 0.484. The van der Waals surface area contributed by atoms with E-state index in [-0.39, 0.29) is 23.4 Å². The quantitative estimate of drug-likeness (QED) is 0.434. The molecule has 3 aliphatic rings. The van der Waals surface area contributed by atoms with Crippen molar-refractivity contribution in [1.82, 2.24) is 9.88 Å². The second-order valence-electron chi connectivity index (χ2n) is 11.1. The van der Waals surface area contributed by atoms with Crippen molar-refractivity contribution < 1.29 is 38.4 Å². The van der Waals surface area contributed by atoms with Gasteiger partial charge in [-0.2, -0.15) is 0 Å². The minimum atomic E-state index is -1.06. The molecule has 2 fully saturated rings. The third-order valence-electron chi connectivity index (χ3n) is 9.20. The van der Waals surface area contributed by atoms with Crippen molar-refractivity contribution >= 4 is 22.8 Å². The molecule has 2 N–H and O–H groups in total. The highest BCUT2D eigenvalue weighted by atomic mass is 16.6. The van der Waals surface area contributed by atoms with Gasteiger partial charge in [0.25, 0.3) is 0 Å². The van der Waals surface area contributed by atoms with Crippen molar-refractivity contribution in [3.05, 3.63) is 53.2 Å². The topological polar surface area (TPSA) is 120 Å². The number of aromatic amines is 1. The maximum atomic E-state index is 13.5. The highest BCUT2D eigenvalue weighted by Crippen LogP contribution is 2.50. The van der Waals surface area contributed by atoms with E-state index in [2.05, 4.69) is 28.1 Å². The molecule has 2 aromatic carbocycles. The molecular weight excluding hydrogens is 528 g/mol. The number of nitrogens with one attached hydrogen (secondary N) is 1. The number of carbonyl (C=O) groups is 2. The van der Waals surface area contributed by atoms with Gasteiger partial charge in [-0.05, 0) is 54.9 Å². The summed E-state index contributed by atoms with van der Waals surface area (Å²) in [5.41, 5.74) is 3.79. The van der Waals surface area contributed by atoms with Crippen LogP contribution in [-0.2, 0) is 20.7 Å². The van der Waals surface area contributed by atoms with E-state index in [0.717, 1.165) is 25.0 Å². The molecule has 10 heteroatoms. The number of rotatable bonds is 6. The lowest BCUT2D eigenvalue weighted by atomic mass is 9.64. The first kappa shape index (κ1) is 27.4. The molecule has 3 heterocycles. The molecule has 0 radical (unpaired) electrons. The highest BCUT2D eigenvalue weighted by molar-refractivity contribution is 5.91. The summed E-state index contributed by atoms with van der Waals surface area (Å²) in [6.45, 7) is 1.67. The molecule has 1 saturated heterocycles. The molecule has 41 heavy (non-hydrogen) atoms. The zero-order valence-corrected chi connectivity index (χ0v) is 23.7. The number of para-hydroxylation sites is 1. The van der Waals surface area contributed by atoms with Gasteiger partial charge in [0, 0.05) is 29.7 Å². The van der Waals surface area contributed by atoms with Crippen molar-refractivity contribution in [3.63, 3.8) is 0 Å². The first-order valence-corrected chi connectivity index (χ1v) is 14.0. The second-order valence-corrected chi connectivity index (χ2v) is 11.1. The van der Waals surface area contributed by atoms with Crippen molar-refractivity contribution in [2.24, 2.45) is 17.8 Å². The fourth-order valence-electron chi connectivity index (χ4n) is 7.34. The number of aliphatic hydroxyl groups is 1. The molecule has 1 saturated carbocycles. The predicted octanol–water partition coefficient (Wildman–Crippen LogP) is 3.51. The number of ether oxygens (including phenoxy) is 5. The Morgan fingerprint density at radius 1 is 1.00 bits per heavy atom. The molecule has 218 valence electrons. The number of nitrogens with zero attached hydrogens (tertiary/aromatic N) is 1. The molecule has 6 atom stereocenters. The van der Waals surface area contributed by atoms with Gasteiger partial charge in [0.05, 0.1) is 52.1 Å². The van der Waals surface area contributed by atoms with Gasteiger partial charge < -0.3 is 33.8 Å². The molecular formula is C31H36N2O8. The Labute approximate surface area is 238 Å². The number of piperidine rings is 1. The standard InChI is InChI=1S/C31H36N2O8/c1-37-24-12-16(13-25(38-2)29(24)39-3)30(35)41-28-23(34)11-17-15-33-10-9-19-18-7-5-6-8-21(18)32-27(19)22(33)14-20(17)26(28)31(36)40-4/h5-8,12-13,17,20,22-23,26,28,32,34H,9-11,14-15H2,1-4H3. The summed E-state index contributed by atoms with van der Waals surface area (Å²) in [5.74, 6) is -1.13. The summed E-state index contributed by atoms with van der Waals surface area (Å²) < 4.78 is 27.3. The number of aliphatic hydroxyl groups excluding tert-OH is 1. The van der Waals surface area contributed by atoms with Crippen LogP contribution in [0.5, 0.6) is 17.2 Å². The Morgan fingerprint density at radius 3 is 2.41 bits per heavy atom. The van der Waals surface area contributed by atoms with Crippen LogP contribution in [0.4, 0.5) is 0 Å². The molecule has 0 amide bonds. The van der Waals surface area contributed by atoms with E-state index >= 15 is 0 Å². The Morgan fingerprint density at radius 2 is 1.73 bits per heavy atom. The molecule has 10 nitrogen and oxygen atoms in total. The summed E-state index contributed by atoms with van der Waals surface area (Å²) >= 11 is 0. The van der Waals surface area contributed by atoms with Crippen molar-refractivity contribution in [2.75, 3.05) is 41.5 Å². The third-order valence-corrected chi connectivity index (χ3v) is 9.20. The zero-order valence-electron chi connectivity index (χ0n) is 23.7. The smallest absolute Gasteiger partial charge is 0.338 e. The first-order chi connectivity index (χ1) is 19.9. The minimum Gasteiger partial charge on any atom is -0.493 e. The molecule has 1 aliphatic carbocycles. The maximum absolute atomic E-state index is 13.5. The number of fused-ring (bicyclic) bond motifs is 6. The average Bonchev–Trinajstić information content (AvgIpc) is 3.38. The van der Waals surface area contributed by atoms with Crippen LogP contribution in [-0.4, -0.2) is 80.7 Å². The lowest BCUT2D eigenvalue weighted by Gasteiger charge is -2.52. The van der Waals surface area contributed by atoms with Crippen molar-refractivity contribution in [2.45, 2.75) is 37.5 Å². The van der Waals surface area contributed by atoms with Crippen LogP contribution >= 0.6 is 0 Å². The van der Waals surface area contributed by atoms with Crippen molar-refractivity contribution in [1.29, 1.82) is 0 Å². The lowest BCUT2D eigenvalue weighted by Crippen LogP contribution is -2.58. The highest BCUT2D eigenvalue weighted by Gasteiger charge is 2.54. The van der Waals surface area contributed by atoms with Gasteiger partial charge in [0.1, 0.15) is 6.10 Å².